The summed E-state index contributed by atoms with van der Waals surface area (Å²) in [7, 11) is 0. The number of nitrogens with one attached hydrogen (secondary N) is 1. The summed E-state index contributed by atoms with van der Waals surface area (Å²) < 4.78 is 5.42. The van der Waals surface area contributed by atoms with Crippen molar-refractivity contribution in [3.05, 3.63) is 34.9 Å². The summed E-state index contributed by atoms with van der Waals surface area (Å²) in [5, 5.41) is 3.28. The van der Waals surface area contributed by atoms with E-state index in [1.165, 1.54) is 0 Å². The molecule has 22 heavy (non-hydrogen) atoms. The van der Waals surface area contributed by atoms with Crippen LogP contribution in [0.4, 0.5) is 0 Å². The molecule has 0 unspecified atom stereocenters. The van der Waals surface area contributed by atoms with E-state index in [9.17, 15) is 9.59 Å². The van der Waals surface area contributed by atoms with Gasteiger partial charge in [-0.15, -0.1) is 0 Å². The lowest BCUT2D eigenvalue weighted by molar-refractivity contribution is -0.144. The first-order chi connectivity index (χ1) is 10.5. The van der Waals surface area contributed by atoms with Crippen LogP contribution in [0, 0.1) is 0 Å². The Labute approximate surface area is 135 Å². The largest absolute Gasteiger partial charge is 0.378 e. The summed E-state index contributed by atoms with van der Waals surface area (Å²) >= 11 is 6.20. The van der Waals surface area contributed by atoms with Crippen molar-refractivity contribution in [2.45, 2.75) is 32.4 Å². The monoisotopic (exact) mass is 324 g/mol. The van der Waals surface area contributed by atoms with Crippen LogP contribution in [0.1, 0.15) is 31.9 Å². The third kappa shape index (κ3) is 3.99. The fourth-order valence-electron chi connectivity index (χ4n) is 2.47. The molecular weight excluding hydrogens is 304 g/mol. The Morgan fingerprint density at radius 1 is 1.45 bits per heavy atom. The van der Waals surface area contributed by atoms with Crippen molar-refractivity contribution in [1.82, 2.24) is 10.2 Å². The second-order valence-corrected chi connectivity index (χ2v) is 5.88. The molecule has 0 radical (unpaired) electrons. The SMILES string of the molecule is CC(C)OCCC(=O)N1CCNC(=O)[C@H]1c1ccccc1Cl. The van der Waals surface area contributed by atoms with Gasteiger partial charge in [-0.2, -0.15) is 0 Å². The number of carbonyl (C=O) groups excluding carboxylic acids is 2. The maximum atomic E-state index is 12.4. The molecule has 0 spiro atoms. The van der Waals surface area contributed by atoms with Gasteiger partial charge in [0.15, 0.2) is 0 Å². The first-order valence-electron chi connectivity index (χ1n) is 7.44. The van der Waals surface area contributed by atoms with E-state index in [1.54, 1.807) is 23.1 Å². The zero-order valence-electron chi connectivity index (χ0n) is 12.8. The summed E-state index contributed by atoms with van der Waals surface area (Å²) in [5.41, 5.74) is 0.652. The molecule has 2 amide bonds. The Balaban J connectivity index is 2.15. The highest BCUT2D eigenvalue weighted by atomic mass is 35.5. The third-order valence-electron chi connectivity index (χ3n) is 3.50. The molecule has 6 heteroatoms. The second-order valence-electron chi connectivity index (χ2n) is 5.47. The molecule has 120 valence electrons. The Morgan fingerprint density at radius 3 is 2.86 bits per heavy atom. The molecule has 0 aromatic heterocycles. The molecule has 1 aromatic rings. The molecule has 1 N–H and O–H groups in total. The molecule has 2 rings (SSSR count). The average Bonchev–Trinajstić information content (AvgIpc) is 2.47. The van der Waals surface area contributed by atoms with E-state index in [-0.39, 0.29) is 24.3 Å². The molecule has 1 aliphatic heterocycles. The molecule has 1 aliphatic rings. The van der Waals surface area contributed by atoms with Gasteiger partial charge in [-0.3, -0.25) is 9.59 Å². The molecule has 1 fully saturated rings. The molecule has 1 atom stereocenters. The van der Waals surface area contributed by atoms with Crippen molar-refractivity contribution in [3.63, 3.8) is 0 Å². The van der Waals surface area contributed by atoms with Crippen LogP contribution in [0.15, 0.2) is 24.3 Å². The minimum atomic E-state index is -0.672. The predicted octanol–water partition coefficient (Wildman–Crippen LogP) is 2.15. The van der Waals surface area contributed by atoms with Crippen LogP contribution in [-0.2, 0) is 14.3 Å². The maximum Gasteiger partial charge on any atom is 0.247 e. The van der Waals surface area contributed by atoms with E-state index in [0.29, 0.717) is 30.3 Å². The van der Waals surface area contributed by atoms with Gasteiger partial charge in [-0.25, -0.2) is 0 Å². The molecule has 1 saturated heterocycles. The van der Waals surface area contributed by atoms with Gasteiger partial charge in [0.2, 0.25) is 11.8 Å². The van der Waals surface area contributed by atoms with Gasteiger partial charge in [0, 0.05) is 23.7 Å². The van der Waals surface area contributed by atoms with Crippen LogP contribution in [0.25, 0.3) is 0 Å². The number of amides is 2. The average molecular weight is 325 g/mol. The summed E-state index contributed by atoms with van der Waals surface area (Å²) in [5.74, 6) is -0.294. The summed E-state index contributed by atoms with van der Waals surface area (Å²) in [6.07, 6.45) is 0.337. The minimum absolute atomic E-state index is 0.0804. The van der Waals surface area contributed by atoms with Crippen LogP contribution in [0.5, 0.6) is 0 Å². The molecule has 0 aliphatic carbocycles. The number of piperazine rings is 1. The standard InChI is InChI=1S/C16H21ClN2O3/c1-11(2)22-10-7-14(20)19-9-8-18-16(21)15(19)12-5-3-4-6-13(12)17/h3-6,11,15H,7-10H2,1-2H3,(H,18,21)/t15-/m1/s1. The van der Waals surface area contributed by atoms with Crippen molar-refractivity contribution in [1.29, 1.82) is 0 Å². The van der Waals surface area contributed by atoms with Crippen LogP contribution in [0.2, 0.25) is 5.02 Å². The molecule has 1 heterocycles. The van der Waals surface area contributed by atoms with E-state index >= 15 is 0 Å². The van der Waals surface area contributed by atoms with E-state index in [0.717, 1.165) is 0 Å². The molecular formula is C16H21ClN2O3. The molecule has 0 saturated carbocycles. The molecule has 0 bridgehead atoms. The molecule has 1 aromatic carbocycles. The van der Waals surface area contributed by atoms with Gasteiger partial charge in [-0.05, 0) is 19.9 Å². The Kier molecular flexibility index (Phi) is 5.80. The van der Waals surface area contributed by atoms with Crippen molar-refractivity contribution in [2.75, 3.05) is 19.7 Å². The second kappa shape index (κ2) is 7.61. The van der Waals surface area contributed by atoms with Gasteiger partial charge in [-0.1, -0.05) is 29.8 Å². The number of ether oxygens (including phenoxy) is 1. The number of halogens is 1. The molecule has 5 nitrogen and oxygen atoms in total. The van der Waals surface area contributed by atoms with Gasteiger partial charge < -0.3 is 15.0 Å². The minimum Gasteiger partial charge on any atom is -0.378 e. The van der Waals surface area contributed by atoms with Crippen molar-refractivity contribution in [2.24, 2.45) is 0 Å². The van der Waals surface area contributed by atoms with Crippen LogP contribution in [-0.4, -0.2) is 42.5 Å². The predicted molar refractivity (Wildman–Crippen MR) is 84.6 cm³/mol. The van der Waals surface area contributed by atoms with Gasteiger partial charge >= 0.3 is 0 Å². The van der Waals surface area contributed by atoms with Gasteiger partial charge in [0.25, 0.3) is 0 Å². The zero-order chi connectivity index (χ0) is 16.1. The number of benzene rings is 1. The highest BCUT2D eigenvalue weighted by molar-refractivity contribution is 6.31. The lowest BCUT2D eigenvalue weighted by Crippen LogP contribution is -2.52. The summed E-state index contributed by atoms with van der Waals surface area (Å²) in [6.45, 7) is 5.12. The first kappa shape index (κ1) is 16.8. The van der Waals surface area contributed by atoms with E-state index in [4.69, 9.17) is 16.3 Å². The Hall–Kier alpha value is -1.59. The van der Waals surface area contributed by atoms with Crippen molar-refractivity contribution in [3.8, 4) is 0 Å². The highest BCUT2D eigenvalue weighted by Crippen LogP contribution is 2.29. The highest BCUT2D eigenvalue weighted by Gasteiger charge is 2.35. The smallest absolute Gasteiger partial charge is 0.247 e. The quantitative estimate of drug-likeness (QED) is 0.903. The van der Waals surface area contributed by atoms with Crippen molar-refractivity contribution >= 4 is 23.4 Å². The summed E-state index contributed by atoms with van der Waals surface area (Å²) in [6, 6.07) is 6.45. The Morgan fingerprint density at radius 2 is 2.18 bits per heavy atom. The van der Waals surface area contributed by atoms with E-state index in [1.807, 2.05) is 19.9 Å². The summed E-state index contributed by atoms with van der Waals surface area (Å²) in [4.78, 5) is 26.3. The lowest BCUT2D eigenvalue weighted by Gasteiger charge is -2.35. The first-order valence-corrected chi connectivity index (χ1v) is 7.81. The lowest BCUT2D eigenvalue weighted by atomic mass is 10.0. The fourth-order valence-corrected chi connectivity index (χ4v) is 2.71. The Bertz CT molecular complexity index is 548. The number of carbonyl (C=O) groups is 2. The normalized spacial score (nSPS) is 18.5. The van der Waals surface area contributed by atoms with Gasteiger partial charge in [0.1, 0.15) is 6.04 Å². The van der Waals surface area contributed by atoms with E-state index in [2.05, 4.69) is 5.32 Å². The maximum absolute atomic E-state index is 12.4. The van der Waals surface area contributed by atoms with Crippen LogP contribution in [0.3, 0.4) is 0 Å². The number of hydrogen-bond acceptors (Lipinski definition) is 3. The third-order valence-corrected chi connectivity index (χ3v) is 3.84. The zero-order valence-corrected chi connectivity index (χ0v) is 13.6. The number of nitrogens with zero attached hydrogens (tertiary/aromatic N) is 1. The van der Waals surface area contributed by atoms with E-state index < -0.39 is 6.04 Å². The van der Waals surface area contributed by atoms with Crippen molar-refractivity contribution < 1.29 is 14.3 Å². The number of rotatable bonds is 5. The fraction of sp³-hybridized carbons (Fsp3) is 0.500. The van der Waals surface area contributed by atoms with Crippen LogP contribution >= 0.6 is 11.6 Å². The topological polar surface area (TPSA) is 58.6 Å². The van der Waals surface area contributed by atoms with Crippen LogP contribution < -0.4 is 5.32 Å². The number of hydrogen-bond donors (Lipinski definition) is 1. The van der Waals surface area contributed by atoms with Gasteiger partial charge in [0.05, 0.1) is 19.1 Å².